The number of nitrogens with zero attached hydrogens (tertiary/aromatic N) is 1. The van der Waals surface area contributed by atoms with Crippen LogP contribution in [0.4, 0.5) is 13.2 Å². The van der Waals surface area contributed by atoms with Gasteiger partial charge in [0.25, 0.3) is 5.91 Å². The molecule has 2 N–H and O–H groups in total. The first-order valence-corrected chi connectivity index (χ1v) is 4.94. The van der Waals surface area contributed by atoms with Crippen LogP contribution in [0.15, 0.2) is 24.3 Å². The summed E-state index contributed by atoms with van der Waals surface area (Å²) in [7, 11) is 1.12. The Morgan fingerprint density at radius 2 is 1.78 bits per heavy atom. The van der Waals surface area contributed by atoms with Crippen molar-refractivity contribution in [2.45, 2.75) is 12.7 Å². The van der Waals surface area contributed by atoms with E-state index in [9.17, 15) is 18.0 Å². The normalized spacial score (nSPS) is 10.7. The standard InChI is InChI=1S/C11H13F3N2O.ClH/c1-16(7-11(12,13)14)10(17)9-4-2-8(6-15)3-5-9;/h2-5H,6-7,15H2,1H3;1H. The fraction of sp³-hybridized carbons (Fsp3) is 0.364. The van der Waals surface area contributed by atoms with Gasteiger partial charge in [-0.2, -0.15) is 13.2 Å². The number of rotatable bonds is 3. The summed E-state index contributed by atoms with van der Waals surface area (Å²) in [6, 6.07) is 6.18. The predicted octanol–water partition coefficient (Wildman–Crippen LogP) is 2.20. The maximum atomic E-state index is 12.1. The molecule has 1 aromatic rings. The third-order valence-electron chi connectivity index (χ3n) is 2.20. The molecule has 0 radical (unpaired) electrons. The van der Waals surface area contributed by atoms with Gasteiger partial charge in [-0.3, -0.25) is 4.79 Å². The van der Waals surface area contributed by atoms with Crippen LogP contribution >= 0.6 is 12.4 Å². The van der Waals surface area contributed by atoms with Gasteiger partial charge in [-0.15, -0.1) is 12.4 Å². The van der Waals surface area contributed by atoms with Crippen molar-refractivity contribution >= 4 is 18.3 Å². The summed E-state index contributed by atoms with van der Waals surface area (Å²) >= 11 is 0. The third kappa shape index (κ3) is 4.93. The fourth-order valence-electron chi connectivity index (χ4n) is 1.34. The lowest BCUT2D eigenvalue weighted by Crippen LogP contribution is -2.35. The van der Waals surface area contributed by atoms with E-state index < -0.39 is 18.6 Å². The minimum Gasteiger partial charge on any atom is -0.333 e. The van der Waals surface area contributed by atoms with Gasteiger partial charge in [0, 0.05) is 19.2 Å². The maximum Gasteiger partial charge on any atom is 0.406 e. The summed E-state index contributed by atoms with van der Waals surface area (Å²) in [6.45, 7) is -0.933. The zero-order chi connectivity index (χ0) is 13.1. The molecule has 0 aliphatic carbocycles. The van der Waals surface area contributed by atoms with Crippen molar-refractivity contribution in [2.75, 3.05) is 13.6 Å². The second-order valence-electron chi connectivity index (χ2n) is 3.68. The van der Waals surface area contributed by atoms with Crippen LogP contribution in [-0.4, -0.2) is 30.6 Å². The highest BCUT2D eigenvalue weighted by atomic mass is 35.5. The number of hydrogen-bond acceptors (Lipinski definition) is 2. The lowest BCUT2D eigenvalue weighted by molar-refractivity contribution is -0.138. The summed E-state index contributed by atoms with van der Waals surface area (Å²) < 4.78 is 36.3. The smallest absolute Gasteiger partial charge is 0.333 e. The van der Waals surface area contributed by atoms with E-state index in [4.69, 9.17) is 5.73 Å². The lowest BCUT2D eigenvalue weighted by atomic mass is 10.1. The van der Waals surface area contributed by atoms with Crippen LogP contribution in [-0.2, 0) is 6.54 Å². The molecule has 0 fully saturated rings. The van der Waals surface area contributed by atoms with Crippen LogP contribution in [0.25, 0.3) is 0 Å². The molecule has 0 aliphatic heterocycles. The summed E-state index contributed by atoms with van der Waals surface area (Å²) in [5, 5.41) is 0. The van der Waals surface area contributed by atoms with E-state index in [1.165, 1.54) is 12.1 Å². The Kier molecular flexibility index (Phi) is 6.14. The molecular formula is C11H14ClF3N2O. The second-order valence-corrected chi connectivity index (χ2v) is 3.68. The van der Waals surface area contributed by atoms with Crippen LogP contribution < -0.4 is 5.73 Å². The van der Waals surface area contributed by atoms with E-state index in [0.29, 0.717) is 11.4 Å². The molecule has 1 amide bonds. The largest absolute Gasteiger partial charge is 0.406 e. The minimum absolute atomic E-state index is 0. The molecule has 0 aliphatic rings. The van der Waals surface area contributed by atoms with Gasteiger partial charge in [0.1, 0.15) is 6.54 Å². The molecule has 0 aromatic heterocycles. The van der Waals surface area contributed by atoms with Gasteiger partial charge < -0.3 is 10.6 Å². The van der Waals surface area contributed by atoms with Gasteiger partial charge in [-0.05, 0) is 17.7 Å². The van der Waals surface area contributed by atoms with E-state index in [1.807, 2.05) is 0 Å². The SMILES string of the molecule is CN(CC(F)(F)F)C(=O)c1ccc(CN)cc1.Cl. The molecule has 18 heavy (non-hydrogen) atoms. The van der Waals surface area contributed by atoms with Gasteiger partial charge in [-0.25, -0.2) is 0 Å². The lowest BCUT2D eigenvalue weighted by Gasteiger charge is -2.18. The molecule has 1 aromatic carbocycles. The van der Waals surface area contributed by atoms with Crippen molar-refractivity contribution in [3.05, 3.63) is 35.4 Å². The molecule has 0 saturated carbocycles. The van der Waals surface area contributed by atoms with Crippen molar-refractivity contribution in [1.82, 2.24) is 4.90 Å². The highest BCUT2D eigenvalue weighted by molar-refractivity contribution is 5.94. The van der Waals surface area contributed by atoms with Gasteiger partial charge in [-0.1, -0.05) is 12.1 Å². The molecule has 102 valence electrons. The van der Waals surface area contributed by atoms with E-state index in [-0.39, 0.29) is 18.0 Å². The number of benzene rings is 1. The summed E-state index contributed by atoms with van der Waals surface area (Å²) in [5.41, 5.74) is 6.41. The highest BCUT2D eigenvalue weighted by Crippen LogP contribution is 2.17. The molecule has 1 rings (SSSR count). The number of nitrogens with two attached hydrogens (primary N) is 1. The zero-order valence-corrected chi connectivity index (χ0v) is 10.5. The number of halogens is 4. The second kappa shape index (κ2) is 6.61. The van der Waals surface area contributed by atoms with Crippen LogP contribution in [0.3, 0.4) is 0 Å². The quantitative estimate of drug-likeness (QED) is 0.924. The van der Waals surface area contributed by atoms with E-state index >= 15 is 0 Å². The Balaban J connectivity index is 0.00000289. The molecule has 3 nitrogen and oxygen atoms in total. The Bertz CT molecular complexity index is 392. The number of hydrogen-bond donors (Lipinski definition) is 1. The number of alkyl halides is 3. The van der Waals surface area contributed by atoms with E-state index in [2.05, 4.69) is 0 Å². The molecule has 7 heteroatoms. The Labute approximate surface area is 109 Å². The number of amides is 1. The summed E-state index contributed by atoms with van der Waals surface area (Å²) in [6.07, 6.45) is -4.39. The van der Waals surface area contributed by atoms with Crippen molar-refractivity contribution in [1.29, 1.82) is 0 Å². The Morgan fingerprint density at radius 3 is 2.17 bits per heavy atom. The Hall–Kier alpha value is -1.27. The van der Waals surface area contributed by atoms with E-state index in [1.54, 1.807) is 12.1 Å². The zero-order valence-electron chi connectivity index (χ0n) is 9.70. The summed E-state index contributed by atoms with van der Waals surface area (Å²) in [4.78, 5) is 12.3. The molecule has 0 saturated heterocycles. The summed E-state index contributed by atoms with van der Waals surface area (Å²) in [5.74, 6) is -0.661. The Morgan fingerprint density at radius 1 is 1.28 bits per heavy atom. The van der Waals surface area contributed by atoms with Crippen molar-refractivity contribution in [3.63, 3.8) is 0 Å². The van der Waals surface area contributed by atoms with Crippen LogP contribution in [0.1, 0.15) is 15.9 Å². The first-order valence-electron chi connectivity index (χ1n) is 4.94. The first-order chi connectivity index (χ1) is 7.83. The van der Waals surface area contributed by atoms with Crippen molar-refractivity contribution < 1.29 is 18.0 Å². The predicted molar refractivity (Wildman–Crippen MR) is 64.6 cm³/mol. The van der Waals surface area contributed by atoms with Gasteiger partial charge in [0.05, 0.1) is 0 Å². The van der Waals surface area contributed by atoms with Crippen molar-refractivity contribution in [2.24, 2.45) is 5.73 Å². The highest BCUT2D eigenvalue weighted by Gasteiger charge is 2.31. The van der Waals surface area contributed by atoms with Crippen LogP contribution in [0, 0.1) is 0 Å². The van der Waals surface area contributed by atoms with Crippen LogP contribution in [0.2, 0.25) is 0 Å². The number of carbonyl (C=O) groups excluding carboxylic acids is 1. The van der Waals surface area contributed by atoms with Gasteiger partial charge in [0.2, 0.25) is 0 Å². The van der Waals surface area contributed by atoms with Crippen molar-refractivity contribution in [3.8, 4) is 0 Å². The molecule has 0 heterocycles. The van der Waals surface area contributed by atoms with E-state index in [0.717, 1.165) is 12.6 Å². The average molecular weight is 283 g/mol. The topological polar surface area (TPSA) is 46.3 Å². The first kappa shape index (κ1) is 16.7. The van der Waals surface area contributed by atoms with Gasteiger partial charge in [0.15, 0.2) is 0 Å². The molecule has 0 unspecified atom stereocenters. The number of carbonyl (C=O) groups is 1. The molecule has 0 bridgehead atoms. The fourth-order valence-corrected chi connectivity index (χ4v) is 1.34. The van der Waals surface area contributed by atoms with Gasteiger partial charge >= 0.3 is 6.18 Å². The van der Waals surface area contributed by atoms with Crippen LogP contribution in [0.5, 0.6) is 0 Å². The minimum atomic E-state index is -4.39. The molecule has 0 atom stereocenters. The third-order valence-corrected chi connectivity index (χ3v) is 2.20. The average Bonchev–Trinajstić information content (AvgIpc) is 2.26. The maximum absolute atomic E-state index is 12.1. The molecular weight excluding hydrogens is 269 g/mol. The monoisotopic (exact) mass is 282 g/mol. The molecule has 0 spiro atoms.